The Balaban J connectivity index is 2.71. The van der Waals surface area contributed by atoms with Crippen molar-refractivity contribution < 1.29 is 14.6 Å². The molecule has 86 valence electrons. The van der Waals surface area contributed by atoms with E-state index in [0.717, 1.165) is 17.4 Å². The summed E-state index contributed by atoms with van der Waals surface area (Å²) in [4.78, 5) is 10.4. The second kappa shape index (κ2) is 6.95. The van der Waals surface area contributed by atoms with Crippen LogP contribution in [-0.4, -0.2) is 29.7 Å². The molecule has 0 aliphatic carbocycles. The van der Waals surface area contributed by atoms with Gasteiger partial charge in [-0.1, -0.05) is 18.2 Å². The molecular weight excluding hydrogens is 224 g/mol. The van der Waals surface area contributed by atoms with Crippen LogP contribution in [0.1, 0.15) is 5.56 Å². The van der Waals surface area contributed by atoms with E-state index >= 15 is 0 Å². The minimum Gasteiger partial charge on any atom is -0.492 e. The first-order valence-electron chi connectivity index (χ1n) is 4.86. The first-order chi connectivity index (χ1) is 7.74. The molecule has 0 heterocycles. The highest BCUT2D eigenvalue weighted by Crippen LogP contribution is 2.19. The SMILES string of the molecule is CSCCOc1ccccc1/C=C/C(=O)O. The van der Waals surface area contributed by atoms with Gasteiger partial charge in [0.15, 0.2) is 0 Å². The van der Waals surface area contributed by atoms with Crippen LogP contribution in [0.2, 0.25) is 0 Å². The Morgan fingerprint density at radius 1 is 1.50 bits per heavy atom. The number of thioether (sulfide) groups is 1. The van der Waals surface area contributed by atoms with E-state index in [-0.39, 0.29) is 0 Å². The Hall–Kier alpha value is -1.42. The molecule has 0 radical (unpaired) electrons. The van der Waals surface area contributed by atoms with E-state index in [1.165, 1.54) is 6.08 Å². The van der Waals surface area contributed by atoms with Gasteiger partial charge in [0.25, 0.3) is 0 Å². The maximum Gasteiger partial charge on any atom is 0.328 e. The predicted octanol–water partition coefficient (Wildman–Crippen LogP) is 2.53. The molecule has 0 aromatic heterocycles. The molecule has 0 aliphatic rings. The van der Waals surface area contributed by atoms with Gasteiger partial charge in [0.05, 0.1) is 6.61 Å². The zero-order valence-electron chi connectivity index (χ0n) is 9.05. The summed E-state index contributed by atoms with van der Waals surface area (Å²) >= 11 is 1.71. The maximum atomic E-state index is 10.4. The summed E-state index contributed by atoms with van der Waals surface area (Å²) in [5, 5.41) is 8.55. The van der Waals surface area contributed by atoms with Gasteiger partial charge in [-0.3, -0.25) is 0 Å². The van der Waals surface area contributed by atoms with Crippen molar-refractivity contribution in [3.05, 3.63) is 35.9 Å². The third kappa shape index (κ3) is 4.40. The van der Waals surface area contributed by atoms with Crippen LogP contribution in [0.5, 0.6) is 5.75 Å². The number of benzene rings is 1. The van der Waals surface area contributed by atoms with Gasteiger partial charge in [0.1, 0.15) is 5.75 Å². The Bertz CT molecular complexity index is 374. The molecule has 0 saturated carbocycles. The van der Waals surface area contributed by atoms with Crippen LogP contribution in [0.4, 0.5) is 0 Å². The largest absolute Gasteiger partial charge is 0.492 e. The van der Waals surface area contributed by atoms with Gasteiger partial charge >= 0.3 is 5.97 Å². The lowest BCUT2D eigenvalue weighted by atomic mass is 10.2. The Kier molecular flexibility index (Phi) is 5.50. The van der Waals surface area contributed by atoms with Crippen molar-refractivity contribution in [1.82, 2.24) is 0 Å². The lowest BCUT2D eigenvalue weighted by molar-refractivity contribution is -0.131. The fourth-order valence-corrected chi connectivity index (χ4v) is 1.40. The zero-order valence-corrected chi connectivity index (χ0v) is 9.87. The zero-order chi connectivity index (χ0) is 11.8. The molecule has 0 amide bonds. The summed E-state index contributed by atoms with van der Waals surface area (Å²) in [5.74, 6) is 0.671. The minimum atomic E-state index is -0.959. The minimum absolute atomic E-state index is 0.624. The molecule has 0 fully saturated rings. The van der Waals surface area contributed by atoms with Crippen LogP contribution >= 0.6 is 11.8 Å². The number of aliphatic carboxylic acids is 1. The average Bonchev–Trinajstić information content (AvgIpc) is 2.28. The van der Waals surface area contributed by atoms with Crippen molar-refractivity contribution in [2.24, 2.45) is 0 Å². The highest BCUT2D eigenvalue weighted by atomic mass is 32.2. The Morgan fingerprint density at radius 3 is 2.94 bits per heavy atom. The van der Waals surface area contributed by atoms with Crippen LogP contribution in [0.3, 0.4) is 0 Å². The molecule has 1 N–H and O–H groups in total. The number of carbonyl (C=O) groups is 1. The summed E-state index contributed by atoms with van der Waals surface area (Å²) in [6.45, 7) is 0.624. The summed E-state index contributed by atoms with van der Waals surface area (Å²) in [6.07, 6.45) is 4.66. The van der Waals surface area contributed by atoms with Crippen LogP contribution in [0.15, 0.2) is 30.3 Å². The number of hydrogen-bond donors (Lipinski definition) is 1. The molecule has 1 aromatic carbocycles. The Labute approximate surface area is 99.1 Å². The van der Waals surface area contributed by atoms with Crippen LogP contribution < -0.4 is 4.74 Å². The first kappa shape index (κ1) is 12.6. The number of carboxylic acids is 1. The third-order valence-electron chi connectivity index (χ3n) is 1.87. The normalized spacial score (nSPS) is 10.6. The van der Waals surface area contributed by atoms with Gasteiger partial charge in [0, 0.05) is 17.4 Å². The van der Waals surface area contributed by atoms with E-state index in [0.29, 0.717) is 12.4 Å². The van der Waals surface area contributed by atoms with Crippen molar-refractivity contribution in [1.29, 1.82) is 0 Å². The summed E-state index contributed by atoms with van der Waals surface area (Å²) in [7, 11) is 0. The highest BCUT2D eigenvalue weighted by Gasteiger charge is 1.99. The number of hydrogen-bond acceptors (Lipinski definition) is 3. The molecule has 0 saturated heterocycles. The second-order valence-corrected chi connectivity index (χ2v) is 4.04. The molecule has 0 atom stereocenters. The number of carboxylic acid groups (broad SMARTS) is 1. The molecule has 1 aromatic rings. The van der Waals surface area contributed by atoms with Crippen LogP contribution in [-0.2, 0) is 4.79 Å². The molecule has 0 bridgehead atoms. The van der Waals surface area contributed by atoms with E-state index in [1.807, 2.05) is 30.5 Å². The summed E-state index contributed by atoms with van der Waals surface area (Å²) in [5.41, 5.74) is 0.783. The predicted molar refractivity (Wildman–Crippen MR) is 67.0 cm³/mol. The highest BCUT2D eigenvalue weighted by molar-refractivity contribution is 7.98. The smallest absolute Gasteiger partial charge is 0.328 e. The molecular formula is C12H14O3S. The molecule has 0 aliphatic heterocycles. The summed E-state index contributed by atoms with van der Waals surface area (Å²) < 4.78 is 5.54. The van der Waals surface area contributed by atoms with Gasteiger partial charge in [-0.15, -0.1) is 0 Å². The quantitative estimate of drug-likeness (QED) is 0.611. The van der Waals surface area contributed by atoms with E-state index in [9.17, 15) is 4.79 Å². The lowest BCUT2D eigenvalue weighted by Crippen LogP contribution is -2.00. The monoisotopic (exact) mass is 238 g/mol. The third-order valence-corrected chi connectivity index (χ3v) is 2.44. The van der Waals surface area contributed by atoms with E-state index < -0.39 is 5.97 Å². The van der Waals surface area contributed by atoms with Gasteiger partial charge in [0.2, 0.25) is 0 Å². The van der Waals surface area contributed by atoms with Crippen molar-refractivity contribution in [2.45, 2.75) is 0 Å². The Morgan fingerprint density at radius 2 is 2.25 bits per heavy atom. The lowest BCUT2D eigenvalue weighted by Gasteiger charge is -2.07. The molecule has 1 rings (SSSR count). The molecule has 3 nitrogen and oxygen atoms in total. The topological polar surface area (TPSA) is 46.5 Å². The summed E-state index contributed by atoms with van der Waals surface area (Å²) in [6, 6.07) is 7.38. The molecule has 0 unspecified atom stereocenters. The maximum absolute atomic E-state index is 10.4. The molecule has 4 heteroatoms. The fraction of sp³-hybridized carbons (Fsp3) is 0.250. The second-order valence-electron chi connectivity index (χ2n) is 3.05. The van der Waals surface area contributed by atoms with Gasteiger partial charge in [-0.05, 0) is 18.4 Å². The van der Waals surface area contributed by atoms with Crippen molar-refractivity contribution >= 4 is 23.8 Å². The van der Waals surface area contributed by atoms with E-state index in [1.54, 1.807) is 11.8 Å². The van der Waals surface area contributed by atoms with Gasteiger partial charge in [-0.2, -0.15) is 11.8 Å². The standard InChI is InChI=1S/C12H14O3S/c1-16-9-8-15-11-5-3-2-4-10(11)6-7-12(13)14/h2-7H,8-9H2,1H3,(H,13,14)/b7-6+. The molecule has 16 heavy (non-hydrogen) atoms. The van der Waals surface area contributed by atoms with Crippen molar-refractivity contribution in [3.63, 3.8) is 0 Å². The van der Waals surface area contributed by atoms with E-state index in [4.69, 9.17) is 9.84 Å². The number of rotatable bonds is 6. The van der Waals surface area contributed by atoms with E-state index in [2.05, 4.69) is 0 Å². The first-order valence-corrected chi connectivity index (χ1v) is 6.25. The fourth-order valence-electron chi connectivity index (χ4n) is 1.15. The number of para-hydroxylation sites is 1. The van der Waals surface area contributed by atoms with Gasteiger partial charge < -0.3 is 9.84 Å². The van der Waals surface area contributed by atoms with Crippen molar-refractivity contribution in [2.75, 3.05) is 18.6 Å². The van der Waals surface area contributed by atoms with Gasteiger partial charge in [-0.25, -0.2) is 4.79 Å². The number of ether oxygens (including phenoxy) is 1. The van der Waals surface area contributed by atoms with Crippen molar-refractivity contribution in [3.8, 4) is 5.75 Å². The van der Waals surface area contributed by atoms with Crippen LogP contribution in [0, 0.1) is 0 Å². The van der Waals surface area contributed by atoms with Crippen LogP contribution in [0.25, 0.3) is 6.08 Å². The average molecular weight is 238 g/mol. The molecule has 0 spiro atoms.